The van der Waals surface area contributed by atoms with Gasteiger partial charge in [-0.05, 0) is 45.9 Å². The summed E-state index contributed by atoms with van der Waals surface area (Å²) in [6.07, 6.45) is 12.6. The minimum atomic E-state index is -0.665. The Morgan fingerprint density at radius 3 is 2.71 bits per heavy atom. The number of aryl methyl sites for hydroxylation is 1. The lowest BCUT2D eigenvalue weighted by Crippen LogP contribution is -2.41. The Hall–Kier alpha value is -3.11. The van der Waals surface area contributed by atoms with Crippen LogP contribution in [0.5, 0.6) is 0 Å². The van der Waals surface area contributed by atoms with Crippen LogP contribution in [0.3, 0.4) is 0 Å². The Balaban J connectivity index is 0.000000211. The number of hydrogen-bond acceptors (Lipinski definition) is 7. The van der Waals surface area contributed by atoms with Crippen LogP contribution in [0.4, 0.5) is 5.69 Å². The minimum absolute atomic E-state index is 0.305. The number of nitrogens with zero attached hydrogens (tertiary/aromatic N) is 5. The van der Waals surface area contributed by atoms with Crippen molar-refractivity contribution in [1.82, 2.24) is 30.0 Å². The molecule has 9 nitrogen and oxygen atoms in total. The van der Waals surface area contributed by atoms with Gasteiger partial charge >= 0.3 is 11.8 Å². The number of thiazole rings is 1. The highest BCUT2D eigenvalue weighted by Gasteiger charge is 2.22. The number of anilines is 1. The molecule has 0 bridgehead atoms. The van der Waals surface area contributed by atoms with E-state index >= 15 is 0 Å². The molecule has 0 fully saturated rings. The number of amides is 2. The molecule has 35 heavy (non-hydrogen) atoms. The second-order valence-electron chi connectivity index (χ2n) is 9.12. The van der Waals surface area contributed by atoms with Crippen LogP contribution in [0.15, 0.2) is 24.7 Å². The Morgan fingerprint density at radius 1 is 1.23 bits per heavy atom. The number of likely N-dealkylation sites (N-methyl/N-ethyl adjacent to an activating group) is 2. The van der Waals surface area contributed by atoms with Crippen LogP contribution in [0.1, 0.15) is 42.8 Å². The average molecular weight is 498 g/mol. The van der Waals surface area contributed by atoms with Gasteiger partial charge in [0.2, 0.25) is 0 Å². The summed E-state index contributed by atoms with van der Waals surface area (Å²) in [5.41, 5.74) is 2.32. The second-order valence-corrected chi connectivity index (χ2v) is 10.3. The normalized spacial score (nSPS) is 12.4. The molecule has 0 aromatic carbocycles. The third-order valence-corrected chi connectivity index (χ3v) is 6.60. The first-order valence-corrected chi connectivity index (χ1v) is 12.8. The molecular formula is C25H35N7O2S. The number of allylic oxidation sites excluding steroid dienone is 1. The average Bonchev–Trinajstić information content (AvgIpc) is 3.48. The maximum absolute atomic E-state index is 12.2. The van der Waals surface area contributed by atoms with E-state index in [2.05, 4.69) is 56.6 Å². The van der Waals surface area contributed by atoms with Crippen molar-refractivity contribution in [2.45, 2.75) is 40.0 Å². The third-order valence-electron chi connectivity index (χ3n) is 5.41. The zero-order chi connectivity index (χ0) is 25.4. The van der Waals surface area contributed by atoms with Gasteiger partial charge in [0.1, 0.15) is 0 Å². The molecule has 0 saturated heterocycles. The maximum atomic E-state index is 12.2. The standard InChI is InChI=1S/C14H19N5O2.C11H16N2S/c1-4-19(8-9(2)3)14(21)13(20)17-11-7-15-5-10-6-16-18-12(10)11;1-13(2)8-7-11-12-9-5-3-4-6-10(9)14-11/h5-7,9H,4,8H2,1-3H3,(H,16,18)(H,17,20);3,5H,4,6-8H2,1-2H3. The van der Waals surface area contributed by atoms with Crippen molar-refractivity contribution >= 4 is 45.8 Å². The Bertz CT molecular complexity index is 1170. The minimum Gasteiger partial charge on any atom is -0.334 e. The molecule has 1 aliphatic carbocycles. The maximum Gasteiger partial charge on any atom is 0.314 e. The summed E-state index contributed by atoms with van der Waals surface area (Å²) in [5.74, 6) is -0.900. The van der Waals surface area contributed by atoms with E-state index in [9.17, 15) is 9.59 Å². The number of carbonyl (C=O) groups is 2. The lowest BCUT2D eigenvalue weighted by Gasteiger charge is -2.22. The van der Waals surface area contributed by atoms with Crippen LogP contribution in [0, 0.1) is 5.92 Å². The zero-order valence-electron chi connectivity index (χ0n) is 21.2. The third kappa shape index (κ3) is 7.43. The first-order chi connectivity index (χ1) is 16.8. The molecule has 0 radical (unpaired) electrons. The number of pyridine rings is 1. The van der Waals surface area contributed by atoms with Crippen LogP contribution in [-0.2, 0) is 22.4 Å². The monoisotopic (exact) mass is 497 g/mol. The highest BCUT2D eigenvalue weighted by Crippen LogP contribution is 2.25. The summed E-state index contributed by atoms with van der Waals surface area (Å²) in [6.45, 7) is 8.00. The molecule has 0 spiro atoms. The van der Waals surface area contributed by atoms with Gasteiger partial charge < -0.3 is 15.1 Å². The fourth-order valence-corrected chi connectivity index (χ4v) is 4.70. The first kappa shape index (κ1) is 26.5. The van der Waals surface area contributed by atoms with E-state index in [0.717, 1.165) is 18.4 Å². The van der Waals surface area contributed by atoms with E-state index in [0.29, 0.717) is 30.2 Å². The number of aromatic amines is 1. The van der Waals surface area contributed by atoms with Crippen molar-refractivity contribution in [2.75, 3.05) is 39.0 Å². The number of rotatable bonds is 7. The summed E-state index contributed by atoms with van der Waals surface area (Å²) >= 11 is 1.89. The SMILES string of the molecule is CCN(CC(C)C)C(=O)C(=O)Nc1cncc2cn[nH]c12.CN(C)CCc1nc2c(s1)CCC=C2. The quantitative estimate of drug-likeness (QED) is 0.483. The van der Waals surface area contributed by atoms with E-state index < -0.39 is 11.8 Å². The largest absolute Gasteiger partial charge is 0.334 e. The predicted octanol–water partition coefficient (Wildman–Crippen LogP) is 3.61. The van der Waals surface area contributed by atoms with Gasteiger partial charge in [0.05, 0.1) is 34.3 Å². The van der Waals surface area contributed by atoms with Gasteiger partial charge in [-0.2, -0.15) is 5.10 Å². The van der Waals surface area contributed by atoms with E-state index in [1.54, 1.807) is 12.4 Å². The predicted molar refractivity (Wildman–Crippen MR) is 141 cm³/mol. The van der Waals surface area contributed by atoms with Gasteiger partial charge in [-0.15, -0.1) is 11.3 Å². The molecule has 10 heteroatoms. The topological polar surface area (TPSA) is 107 Å². The molecule has 3 aromatic heterocycles. The lowest BCUT2D eigenvalue weighted by atomic mass is 10.1. The molecule has 4 rings (SSSR count). The van der Waals surface area contributed by atoms with Crippen LogP contribution >= 0.6 is 11.3 Å². The van der Waals surface area contributed by atoms with E-state index in [1.807, 2.05) is 32.1 Å². The van der Waals surface area contributed by atoms with Gasteiger partial charge in [0.25, 0.3) is 0 Å². The van der Waals surface area contributed by atoms with Gasteiger partial charge in [0.15, 0.2) is 0 Å². The lowest BCUT2D eigenvalue weighted by molar-refractivity contribution is -0.143. The van der Waals surface area contributed by atoms with E-state index in [4.69, 9.17) is 0 Å². The summed E-state index contributed by atoms with van der Waals surface area (Å²) in [7, 11) is 4.21. The van der Waals surface area contributed by atoms with Crippen LogP contribution < -0.4 is 5.32 Å². The number of fused-ring (bicyclic) bond motifs is 2. The van der Waals surface area contributed by atoms with Crippen LogP contribution in [0.25, 0.3) is 17.0 Å². The summed E-state index contributed by atoms with van der Waals surface area (Å²) < 4.78 is 0. The molecule has 3 heterocycles. The number of H-pyrrole nitrogens is 1. The van der Waals surface area contributed by atoms with Crippen molar-refractivity contribution in [1.29, 1.82) is 0 Å². The Kier molecular flexibility index (Phi) is 9.50. The van der Waals surface area contributed by atoms with Crippen molar-refractivity contribution in [3.8, 4) is 0 Å². The highest BCUT2D eigenvalue weighted by atomic mass is 32.1. The molecule has 0 saturated carbocycles. The molecule has 1 aliphatic rings. The summed E-state index contributed by atoms with van der Waals surface area (Å²) in [6, 6.07) is 0. The van der Waals surface area contributed by atoms with Gasteiger partial charge in [0, 0.05) is 42.5 Å². The van der Waals surface area contributed by atoms with E-state index in [-0.39, 0.29) is 0 Å². The number of hydrogen-bond donors (Lipinski definition) is 2. The number of aromatic nitrogens is 4. The fourth-order valence-electron chi connectivity index (χ4n) is 3.64. The number of nitrogens with one attached hydrogen (secondary N) is 2. The Labute approximate surface area is 210 Å². The zero-order valence-corrected chi connectivity index (χ0v) is 22.0. The summed E-state index contributed by atoms with van der Waals surface area (Å²) in [5, 5.41) is 11.3. The van der Waals surface area contributed by atoms with Crippen molar-refractivity contribution in [2.24, 2.45) is 5.92 Å². The van der Waals surface area contributed by atoms with Gasteiger partial charge in [-0.1, -0.05) is 19.9 Å². The number of carbonyl (C=O) groups excluding carboxylic acids is 2. The molecule has 2 amide bonds. The highest BCUT2D eigenvalue weighted by molar-refractivity contribution is 7.11. The molecule has 2 N–H and O–H groups in total. The van der Waals surface area contributed by atoms with Crippen molar-refractivity contribution in [3.05, 3.63) is 40.2 Å². The van der Waals surface area contributed by atoms with Gasteiger partial charge in [-0.25, -0.2) is 4.98 Å². The first-order valence-electron chi connectivity index (χ1n) is 12.0. The summed E-state index contributed by atoms with van der Waals surface area (Å²) in [4.78, 5) is 38.1. The van der Waals surface area contributed by atoms with Crippen LogP contribution in [-0.4, -0.2) is 75.5 Å². The van der Waals surface area contributed by atoms with Gasteiger partial charge in [-0.3, -0.25) is 19.7 Å². The molecule has 3 aromatic rings. The van der Waals surface area contributed by atoms with Crippen molar-refractivity contribution < 1.29 is 9.59 Å². The molecular weight excluding hydrogens is 462 g/mol. The van der Waals surface area contributed by atoms with E-state index in [1.165, 1.54) is 39.5 Å². The molecule has 0 unspecified atom stereocenters. The second kappa shape index (κ2) is 12.6. The fraction of sp³-hybridized carbons (Fsp3) is 0.480. The van der Waals surface area contributed by atoms with Crippen molar-refractivity contribution in [3.63, 3.8) is 0 Å². The smallest absolute Gasteiger partial charge is 0.314 e. The molecule has 0 aliphatic heterocycles. The van der Waals surface area contributed by atoms with Crippen LogP contribution in [0.2, 0.25) is 0 Å². The molecule has 0 atom stereocenters. The Morgan fingerprint density at radius 2 is 2.03 bits per heavy atom. The molecule has 188 valence electrons.